The van der Waals surface area contributed by atoms with Gasteiger partial charge in [0.25, 0.3) is 0 Å². The number of hydrogen-bond donors (Lipinski definition) is 0. The van der Waals surface area contributed by atoms with E-state index in [2.05, 4.69) is 0 Å². The molecule has 7 nitrogen and oxygen atoms in total. The van der Waals surface area contributed by atoms with Crippen LogP contribution in [0.5, 0.6) is 5.75 Å². The molecule has 1 aromatic rings. The maximum absolute atomic E-state index is 11.2. The highest BCUT2D eigenvalue weighted by Crippen LogP contribution is 2.42. The first-order valence-corrected chi connectivity index (χ1v) is 7.78. The Labute approximate surface area is 140 Å². The van der Waals surface area contributed by atoms with E-state index in [4.69, 9.17) is 28.4 Å². The van der Waals surface area contributed by atoms with Crippen molar-refractivity contribution in [2.45, 2.75) is 37.6 Å². The minimum Gasteiger partial charge on any atom is -0.497 e. The summed E-state index contributed by atoms with van der Waals surface area (Å²) < 4.78 is 33.3. The molecule has 0 amide bonds. The molecule has 0 saturated carbocycles. The van der Waals surface area contributed by atoms with Gasteiger partial charge in [0.2, 0.25) is 0 Å². The van der Waals surface area contributed by atoms with Crippen molar-refractivity contribution in [3.8, 4) is 5.75 Å². The van der Waals surface area contributed by atoms with Crippen LogP contribution in [0.4, 0.5) is 0 Å². The number of fused-ring (bicyclic) bond motifs is 2. The summed E-state index contributed by atoms with van der Waals surface area (Å²) in [6, 6.07) is 7.62. The van der Waals surface area contributed by atoms with Gasteiger partial charge < -0.3 is 28.4 Å². The molecule has 2 bridgehead atoms. The Morgan fingerprint density at radius 3 is 2.67 bits per heavy atom. The Bertz CT molecular complexity index is 573. The van der Waals surface area contributed by atoms with Crippen LogP contribution >= 0.6 is 0 Å². The number of rotatable bonds is 7. The zero-order chi connectivity index (χ0) is 17.2. The average molecular weight is 338 g/mol. The smallest absolute Gasteiger partial charge is 0.302 e. The highest BCUT2D eigenvalue weighted by atomic mass is 16.8. The third-order valence-electron chi connectivity index (χ3n) is 4.30. The van der Waals surface area contributed by atoms with E-state index in [9.17, 15) is 4.79 Å². The molecule has 0 radical (unpaired) electrons. The second-order valence-electron chi connectivity index (χ2n) is 5.92. The molecule has 2 saturated heterocycles. The molecular weight excluding hydrogens is 316 g/mol. The molecule has 0 unspecified atom stereocenters. The van der Waals surface area contributed by atoms with E-state index in [0.717, 1.165) is 11.3 Å². The average Bonchev–Trinajstić information content (AvgIpc) is 3.10. The van der Waals surface area contributed by atoms with E-state index >= 15 is 0 Å². The maximum Gasteiger partial charge on any atom is 0.302 e. The lowest BCUT2D eigenvalue weighted by molar-refractivity contribution is -0.244. The zero-order valence-electron chi connectivity index (χ0n) is 14.0. The van der Waals surface area contributed by atoms with E-state index < -0.39 is 11.9 Å². The summed E-state index contributed by atoms with van der Waals surface area (Å²) in [5.41, 5.74) is 0.169. The largest absolute Gasteiger partial charge is 0.497 e. The minimum atomic E-state index is -0.830. The van der Waals surface area contributed by atoms with Crippen molar-refractivity contribution in [2.24, 2.45) is 0 Å². The summed E-state index contributed by atoms with van der Waals surface area (Å²) in [6.07, 6.45) is -1.25. The predicted octanol–water partition coefficient (Wildman–Crippen LogP) is 1.28. The lowest BCUT2D eigenvalue weighted by Crippen LogP contribution is -2.46. The first-order valence-electron chi connectivity index (χ1n) is 7.78. The lowest BCUT2D eigenvalue weighted by atomic mass is 10.00. The van der Waals surface area contributed by atoms with E-state index in [1.54, 1.807) is 14.2 Å². The number of carbonyl (C=O) groups excluding carboxylic acids is 1. The third-order valence-corrected chi connectivity index (χ3v) is 4.30. The molecule has 4 atom stereocenters. The van der Waals surface area contributed by atoms with Crippen molar-refractivity contribution in [3.63, 3.8) is 0 Å². The Kier molecular flexibility index (Phi) is 5.05. The molecule has 2 fully saturated rings. The highest BCUT2D eigenvalue weighted by molar-refractivity contribution is 5.66. The first-order chi connectivity index (χ1) is 11.6. The fourth-order valence-electron chi connectivity index (χ4n) is 3.05. The summed E-state index contributed by atoms with van der Waals surface area (Å²) in [6.45, 7) is 2.13. The van der Waals surface area contributed by atoms with Crippen LogP contribution in [0.2, 0.25) is 0 Å². The van der Waals surface area contributed by atoms with Gasteiger partial charge in [-0.25, -0.2) is 0 Å². The van der Waals surface area contributed by atoms with Crippen molar-refractivity contribution >= 4 is 5.97 Å². The van der Waals surface area contributed by atoms with Crippen LogP contribution in [0.25, 0.3) is 0 Å². The second kappa shape index (κ2) is 7.06. The van der Waals surface area contributed by atoms with Crippen molar-refractivity contribution in [1.29, 1.82) is 0 Å². The summed E-state index contributed by atoms with van der Waals surface area (Å²) in [5.74, 6) is 0.420. The summed E-state index contributed by atoms with van der Waals surface area (Å²) in [4.78, 5) is 11.2. The molecule has 3 rings (SSSR count). The van der Waals surface area contributed by atoms with Gasteiger partial charge >= 0.3 is 5.97 Å². The Morgan fingerprint density at radius 1 is 1.29 bits per heavy atom. The molecular formula is C17H22O7. The van der Waals surface area contributed by atoms with Gasteiger partial charge in [0.1, 0.15) is 24.6 Å². The van der Waals surface area contributed by atoms with Crippen LogP contribution in [0.3, 0.4) is 0 Å². The van der Waals surface area contributed by atoms with Crippen LogP contribution in [0.1, 0.15) is 12.5 Å². The first kappa shape index (κ1) is 17.2. The maximum atomic E-state index is 11.2. The van der Waals surface area contributed by atoms with Gasteiger partial charge in [-0.15, -0.1) is 0 Å². The van der Waals surface area contributed by atoms with E-state index in [0.29, 0.717) is 13.2 Å². The molecule has 2 aliphatic rings. The second-order valence-corrected chi connectivity index (χ2v) is 5.92. The number of ether oxygens (including phenoxy) is 6. The van der Waals surface area contributed by atoms with Crippen LogP contribution in [-0.4, -0.2) is 57.5 Å². The van der Waals surface area contributed by atoms with Gasteiger partial charge in [-0.1, -0.05) is 12.1 Å². The summed E-state index contributed by atoms with van der Waals surface area (Å²) in [7, 11) is 3.18. The van der Waals surface area contributed by atoms with Crippen LogP contribution in [0.15, 0.2) is 24.3 Å². The number of esters is 1. The molecule has 2 heterocycles. The van der Waals surface area contributed by atoms with Crippen molar-refractivity contribution in [3.05, 3.63) is 29.8 Å². The Morgan fingerprint density at radius 2 is 2.04 bits per heavy atom. The summed E-state index contributed by atoms with van der Waals surface area (Å²) >= 11 is 0. The molecule has 2 aliphatic heterocycles. The van der Waals surface area contributed by atoms with Gasteiger partial charge in [-0.05, 0) is 17.7 Å². The van der Waals surface area contributed by atoms with E-state index in [-0.39, 0.29) is 24.8 Å². The van der Waals surface area contributed by atoms with Crippen LogP contribution in [-0.2, 0) is 35.1 Å². The van der Waals surface area contributed by atoms with Crippen LogP contribution < -0.4 is 4.74 Å². The molecule has 7 heteroatoms. The summed E-state index contributed by atoms with van der Waals surface area (Å²) in [5, 5.41) is 0. The quantitative estimate of drug-likeness (QED) is 0.694. The van der Waals surface area contributed by atoms with Gasteiger partial charge in [0, 0.05) is 14.0 Å². The molecule has 24 heavy (non-hydrogen) atoms. The van der Waals surface area contributed by atoms with Gasteiger partial charge in [0.15, 0.2) is 11.9 Å². The Balaban J connectivity index is 1.68. The van der Waals surface area contributed by atoms with Crippen LogP contribution in [0, 0.1) is 0 Å². The number of benzene rings is 1. The predicted molar refractivity (Wildman–Crippen MR) is 82.6 cm³/mol. The monoisotopic (exact) mass is 338 g/mol. The molecule has 132 valence electrons. The topological polar surface area (TPSA) is 72.5 Å². The van der Waals surface area contributed by atoms with Crippen molar-refractivity contribution in [1.82, 2.24) is 0 Å². The lowest BCUT2D eigenvalue weighted by Gasteiger charge is -2.30. The molecule has 0 spiro atoms. The standard InChI is InChI=1S/C17H22O7/c1-11(18)22-9-17-10-23-14(16(20-3)24-17)15(17)21-8-12-4-6-13(19-2)7-5-12/h4-7,14-16H,8-10H2,1-3H3/t14-,15-,16+,17-/m1/s1. The normalized spacial score (nSPS) is 31.2. The number of hydrogen-bond acceptors (Lipinski definition) is 7. The van der Waals surface area contributed by atoms with Crippen molar-refractivity contribution < 1.29 is 33.2 Å². The Hall–Kier alpha value is -1.67. The molecule has 0 aliphatic carbocycles. The highest BCUT2D eigenvalue weighted by Gasteiger charge is 2.63. The fourth-order valence-corrected chi connectivity index (χ4v) is 3.05. The van der Waals surface area contributed by atoms with Gasteiger partial charge in [-0.3, -0.25) is 4.79 Å². The fraction of sp³-hybridized carbons (Fsp3) is 0.588. The minimum absolute atomic E-state index is 0.0754. The molecule has 0 N–H and O–H groups in total. The van der Waals surface area contributed by atoms with Gasteiger partial charge in [-0.2, -0.15) is 0 Å². The molecule has 1 aromatic carbocycles. The van der Waals surface area contributed by atoms with Gasteiger partial charge in [0.05, 0.1) is 20.3 Å². The van der Waals surface area contributed by atoms with Crippen molar-refractivity contribution in [2.75, 3.05) is 27.4 Å². The van der Waals surface area contributed by atoms with E-state index in [1.807, 2.05) is 24.3 Å². The third kappa shape index (κ3) is 3.25. The zero-order valence-corrected chi connectivity index (χ0v) is 14.0. The molecule has 0 aromatic heterocycles. The number of carbonyl (C=O) groups is 1. The van der Waals surface area contributed by atoms with E-state index in [1.165, 1.54) is 6.92 Å². The SMILES string of the molecule is COc1ccc(CO[C@@H]2[C@H]3OC[C@@]2(COC(C)=O)O[C@@H]3OC)cc1. The number of methoxy groups -OCH3 is 2.